The van der Waals surface area contributed by atoms with Crippen LogP contribution in [0.1, 0.15) is 28.5 Å². The number of aromatic nitrogens is 1. The molecule has 0 saturated heterocycles. The molecule has 1 amide bonds. The Hall–Kier alpha value is -2.58. The number of hydrogen-bond acceptors (Lipinski definition) is 3. The quantitative estimate of drug-likeness (QED) is 0.893. The molecule has 5 heteroatoms. The highest BCUT2D eigenvalue weighted by molar-refractivity contribution is 5.93. The largest absolute Gasteiger partial charge is 0.384 e. The maximum Gasteiger partial charge on any atom is 0.268 e. The molecule has 0 bridgehead atoms. The number of amides is 1. The summed E-state index contributed by atoms with van der Waals surface area (Å²) in [7, 11) is 1.70. The molecule has 0 aliphatic rings. The standard InChI is InChI=1S/C16H17N3O2/c1-16(21,13-6-4-3-5-7-13)11-18-15(20)14-8-12(9-17)10-19(14)2/h3-8,10,21H,11H2,1-2H3,(H,18,20). The number of hydrogen-bond donors (Lipinski definition) is 2. The molecule has 0 spiro atoms. The maximum atomic E-state index is 12.1. The highest BCUT2D eigenvalue weighted by Crippen LogP contribution is 2.19. The first-order valence-electron chi connectivity index (χ1n) is 6.56. The molecule has 1 aromatic heterocycles. The van der Waals surface area contributed by atoms with Crippen LogP contribution >= 0.6 is 0 Å². The molecule has 0 fully saturated rings. The second kappa shape index (κ2) is 5.81. The van der Waals surface area contributed by atoms with E-state index >= 15 is 0 Å². The number of nitriles is 1. The normalized spacial score (nSPS) is 13.2. The van der Waals surface area contributed by atoms with Gasteiger partial charge in [0, 0.05) is 13.2 Å². The molecule has 1 heterocycles. The van der Waals surface area contributed by atoms with Gasteiger partial charge in [-0.25, -0.2) is 0 Å². The Morgan fingerprint density at radius 1 is 1.43 bits per heavy atom. The van der Waals surface area contributed by atoms with E-state index in [9.17, 15) is 9.90 Å². The van der Waals surface area contributed by atoms with Crippen LogP contribution in [0.5, 0.6) is 0 Å². The summed E-state index contributed by atoms with van der Waals surface area (Å²) in [5, 5.41) is 22.0. The van der Waals surface area contributed by atoms with E-state index in [4.69, 9.17) is 5.26 Å². The molecule has 21 heavy (non-hydrogen) atoms. The lowest BCUT2D eigenvalue weighted by Crippen LogP contribution is -2.39. The van der Waals surface area contributed by atoms with Gasteiger partial charge < -0.3 is 15.0 Å². The molecule has 2 aromatic rings. The van der Waals surface area contributed by atoms with E-state index in [2.05, 4.69) is 5.32 Å². The number of nitrogens with one attached hydrogen (secondary N) is 1. The fourth-order valence-electron chi connectivity index (χ4n) is 2.09. The first kappa shape index (κ1) is 14.8. The zero-order valence-electron chi connectivity index (χ0n) is 12.0. The molecule has 2 rings (SSSR count). The average Bonchev–Trinajstić information content (AvgIpc) is 2.87. The van der Waals surface area contributed by atoms with Gasteiger partial charge in [-0.3, -0.25) is 4.79 Å². The lowest BCUT2D eigenvalue weighted by atomic mass is 9.96. The van der Waals surface area contributed by atoms with E-state index < -0.39 is 5.60 Å². The summed E-state index contributed by atoms with van der Waals surface area (Å²) < 4.78 is 1.59. The number of nitrogens with zero attached hydrogens (tertiary/aromatic N) is 2. The van der Waals surface area contributed by atoms with Gasteiger partial charge in [0.05, 0.1) is 12.1 Å². The molecule has 2 N–H and O–H groups in total. The molecule has 5 nitrogen and oxygen atoms in total. The second-order valence-corrected chi connectivity index (χ2v) is 5.16. The smallest absolute Gasteiger partial charge is 0.268 e. The van der Waals surface area contributed by atoms with E-state index in [0.717, 1.165) is 5.56 Å². The highest BCUT2D eigenvalue weighted by Gasteiger charge is 2.24. The van der Waals surface area contributed by atoms with Gasteiger partial charge in [-0.1, -0.05) is 30.3 Å². The molecule has 1 unspecified atom stereocenters. The predicted octanol–water partition coefficient (Wildman–Crippen LogP) is 1.53. The van der Waals surface area contributed by atoms with E-state index in [1.165, 1.54) is 6.07 Å². The summed E-state index contributed by atoms with van der Waals surface area (Å²) in [6, 6.07) is 12.7. The Labute approximate surface area is 123 Å². The molecular weight excluding hydrogens is 266 g/mol. The van der Waals surface area contributed by atoms with Crippen molar-refractivity contribution in [2.45, 2.75) is 12.5 Å². The molecule has 108 valence electrons. The first-order valence-corrected chi connectivity index (χ1v) is 6.56. The van der Waals surface area contributed by atoms with Crippen molar-refractivity contribution < 1.29 is 9.90 Å². The van der Waals surface area contributed by atoms with Gasteiger partial charge in [0.25, 0.3) is 5.91 Å². The van der Waals surface area contributed by atoms with Crippen LogP contribution in [0, 0.1) is 11.3 Å². The van der Waals surface area contributed by atoms with Crippen molar-refractivity contribution in [3.63, 3.8) is 0 Å². The number of benzene rings is 1. The van der Waals surface area contributed by atoms with Crippen molar-refractivity contribution in [2.75, 3.05) is 6.54 Å². The van der Waals surface area contributed by atoms with Crippen LogP contribution in [0.2, 0.25) is 0 Å². The van der Waals surface area contributed by atoms with Crippen LogP contribution in [0.3, 0.4) is 0 Å². The third-order valence-corrected chi connectivity index (χ3v) is 3.36. The monoisotopic (exact) mass is 283 g/mol. The summed E-state index contributed by atoms with van der Waals surface area (Å²) in [6.45, 7) is 1.73. The fraction of sp³-hybridized carbons (Fsp3) is 0.250. The topological polar surface area (TPSA) is 78.0 Å². The lowest BCUT2D eigenvalue weighted by Gasteiger charge is -2.24. The van der Waals surface area contributed by atoms with Gasteiger partial charge in [-0.05, 0) is 18.6 Å². The van der Waals surface area contributed by atoms with Gasteiger partial charge in [0.2, 0.25) is 0 Å². The number of carbonyl (C=O) groups excluding carboxylic acids is 1. The van der Waals surface area contributed by atoms with E-state index in [1.807, 2.05) is 36.4 Å². The molecule has 0 aliphatic heterocycles. The lowest BCUT2D eigenvalue weighted by molar-refractivity contribution is 0.0524. The Morgan fingerprint density at radius 3 is 2.67 bits per heavy atom. The Kier molecular flexibility index (Phi) is 4.10. The molecule has 0 radical (unpaired) electrons. The summed E-state index contributed by atoms with van der Waals surface area (Å²) in [4.78, 5) is 12.1. The summed E-state index contributed by atoms with van der Waals surface area (Å²) in [6.07, 6.45) is 1.59. The average molecular weight is 283 g/mol. The Balaban J connectivity index is 2.07. The van der Waals surface area contributed by atoms with Crippen LogP contribution < -0.4 is 5.32 Å². The van der Waals surface area contributed by atoms with Crippen LogP contribution in [-0.4, -0.2) is 22.1 Å². The number of rotatable bonds is 4. The molecular formula is C16H17N3O2. The van der Waals surface area contributed by atoms with Crippen LogP contribution in [0.15, 0.2) is 42.6 Å². The molecule has 1 atom stereocenters. The minimum Gasteiger partial charge on any atom is -0.384 e. The van der Waals surface area contributed by atoms with Gasteiger partial charge in [-0.15, -0.1) is 0 Å². The van der Waals surface area contributed by atoms with Crippen molar-refractivity contribution in [1.82, 2.24) is 9.88 Å². The van der Waals surface area contributed by atoms with Gasteiger partial charge in [0.15, 0.2) is 0 Å². The zero-order chi connectivity index (χ0) is 15.5. The van der Waals surface area contributed by atoms with Crippen molar-refractivity contribution >= 4 is 5.91 Å². The van der Waals surface area contributed by atoms with E-state index in [0.29, 0.717) is 11.3 Å². The molecule has 1 aromatic carbocycles. The van der Waals surface area contributed by atoms with Crippen molar-refractivity contribution in [3.8, 4) is 6.07 Å². The van der Waals surface area contributed by atoms with Crippen molar-refractivity contribution in [3.05, 3.63) is 59.4 Å². The van der Waals surface area contributed by atoms with Crippen molar-refractivity contribution in [2.24, 2.45) is 7.05 Å². The second-order valence-electron chi connectivity index (χ2n) is 5.16. The summed E-state index contributed by atoms with van der Waals surface area (Å²) in [5.41, 5.74) is 0.392. The Bertz CT molecular complexity index is 681. The summed E-state index contributed by atoms with van der Waals surface area (Å²) >= 11 is 0. The minimum atomic E-state index is -1.15. The van der Waals surface area contributed by atoms with Gasteiger partial charge >= 0.3 is 0 Å². The van der Waals surface area contributed by atoms with Gasteiger partial charge in [-0.2, -0.15) is 5.26 Å². The fourth-order valence-corrected chi connectivity index (χ4v) is 2.09. The number of aliphatic hydroxyl groups is 1. The maximum absolute atomic E-state index is 12.1. The van der Waals surface area contributed by atoms with E-state index in [1.54, 1.807) is 24.7 Å². The highest BCUT2D eigenvalue weighted by atomic mass is 16.3. The van der Waals surface area contributed by atoms with Crippen LogP contribution in [0.25, 0.3) is 0 Å². The predicted molar refractivity (Wildman–Crippen MR) is 78.5 cm³/mol. The van der Waals surface area contributed by atoms with Gasteiger partial charge in [0.1, 0.15) is 17.4 Å². The Morgan fingerprint density at radius 2 is 2.10 bits per heavy atom. The van der Waals surface area contributed by atoms with Crippen LogP contribution in [-0.2, 0) is 12.6 Å². The summed E-state index contributed by atoms with van der Waals surface area (Å²) in [5.74, 6) is -0.324. The number of carbonyl (C=O) groups is 1. The minimum absolute atomic E-state index is 0.0862. The number of aryl methyl sites for hydroxylation is 1. The van der Waals surface area contributed by atoms with E-state index in [-0.39, 0.29) is 12.5 Å². The SMILES string of the molecule is Cn1cc(C#N)cc1C(=O)NCC(C)(O)c1ccccc1. The zero-order valence-corrected chi connectivity index (χ0v) is 12.0. The molecule has 0 aliphatic carbocycles. The van der Waals surface area contributed by atoms with Crippen molar-refractivity contribution in [1.29, 1.82) is 5.26 Å². The molecule has 0 saturated carbocycles. The first-order chi connectivity index (χ1) is 9.94. The third kappa shape index (κ3) is 3.30. The van der Waals surface area contributed by atoms with Crippen LogP contribution in [0.4, 0.5) is 0 Å². The third-order valence-electron chi connectivity index (χ3n) is 3.36.